The van der Waals surface area contributed by atoms with Gasteiger partial charge in [0.05, 0.1) is 0 Å². The Hall–Kier alpha value is -2.60. The first-order chi connectivity index (χ1) is 14.6. The Morgan fingerprint density at radius 2 is 1.03 bits per heavy atom. The number of Topliss-reactive ketones (excluding diaryl/α,β-unsaturated/α-hetero) is 1. The van der Waals surface area contributed by atoms with E-state index in [-0.39, 0.29) is 14.7 Å². The van der Waals surface area contributed by atoms with Gasteiger partial charge in [-0.1, -0.05) is 60.7 Å². The van der Waals surface area contributed by atoms with E-state index in [0.717, 1.165) is 0 Å². The Morgan fingerprint density at radius 3 is 1.48 bits per heavy atom. The molecule has 0 fully saturated rings. The number of benzene rings is 3. The molecule has 3 rings (SSSR count). The molecule has 0 aromatic heterocycles. The van der Waals surface area contributed by atoms with Gasteiger partial charge in [0.25, 0.3) is 0 Å². The van der Waals surface area contributed by atoms with Crippen LogP contribution in [0.15, 0.2) is 70.5 Å². The normalized spacial score (nSPS) is 12.5. The van der Waals surface area contributed by atoms with Gasteiger partial charge in [-0.15, -0.1) is 0 Å². The molecule has 3 nitrogen and oxygen atoms in total. The van der Waals surface area contributed by atoms with Crippen molar-refractivity contribution >= 4 is 41.8 Å². The predicted octanol–water partition coefficient (Wildman–Crippen LogP) is 5.84. The minimum absolute atomic E-state index is 0.157. The van der Waals surface area contributed by atoms with Crippen molar-refractivity contribution < 1.29 is 35.2 Å². The van der Waals surface area contributed by atoms with Crippen LogP contribution in [0.1, 0.15) is 15.9 Å². The number of ketones is 1. The molecule has 31 heavy (non-hydrogen) atoms. The van der Waals surface area contributed by atoms with E-state index in [1.54, 1.807) is 12.1 Å². The molecule has 0 atom stereocenters. The summed E-state index contributed by atoms with van der Waals surface area (Å²) >= 11 is 1.48. The highest BCUT2D eigenvalue weighted by Gasteiger charge is 2.39. The van der Waals surface area contributed by atoms with Crippen LogP contribution < -0.4 is 0 Å². The van der Waals surface area contributed by atoms with Gasteiger partial charge in [0.1, 0.15) is 9.80 Å². The number of rotatable bonds is 5. The maximum absolute atomic E-state index is 14.4. The van der Waals surface area contributed by atoms with Crippen molar-refractivity contribution in [3.63, 3.8) is 0 Å². The van der Waals surface area contributed by atoms with E-state index in [2.05, 4.69) is 0 Å². The molecule has 0 unspecified atom stereocenters. The smallest absolute Gasteiger partial charge is 0.217 e. The second-order valence-corrected chi connectivity index (χ2v) is 9.01. The molecular formula is C21H10F5IO3S. The fourth-order valence-electron chi connectivity index (χ4n) is 2.70. The lowest BCUT2D eigenvalue weighted by Crippen LogP contribution is -2.20. The number of allylic oxidation sites excluding steroid dienone is 1. The first-order valence-electron chi connectivity index (χ1n) is 8.40. The van der Waals surface area contributed by atoms with Crippen LogP contribution in [-0.4, -0.2) is 14.2 Å². The van der Waals surface area contributed by atoms with Crippen LogP contribution in [-0.2, 0) is 9.84 Å². The number of sulfone groups is 1. The molecule has 0 saturated heterocycles. The molecule has 0 saturated carbocycles. The van der Waals surface area contributed by atoms with Crippen molar-refractivity contribution in [3.8, 4) is 0 Å². The minimum Gasteiger partial charge on any atom is -0.288 e. The Balaban J connectivity index is 2.40. The second-order valence-electron chi connectivity index (χ2n) is 6.11. The zero-order chi connectivity index (χ0) is 22.9. The fourth-order valence-corrected chi connectivity index (χ4v) is 5.74. The van der Waals surface area contributed by atoms with Gasteiger partial charge in [0, 0.05) is 9.14 Å². The van der Waals surface area contributed by atoms with Crippen LogP contribution in [0.3, 0.4) is 0 Å². The van der Waals surface area contributed by atoms with Crippen LogP contribution in [0.4, 0.5) is 22.0 Å². The molecule has 0 spiro atoms. The predicted molar refractivity (Wildman–Crippen MR) is 112 cm³/mol. The molecule has 0 aliphatic rings. The number of carbonyl (C=O) groups excluding carboxylic acids is 1. The van der Waals surface area contributed by atoms with Crippen LogP contribution in [0.2, 0.25) is 0 Å². The molecule has 3 aromatic rings. The summed E-state index contributed by atoms with van der Waals surface area (Å²) in [4.78, 5) is 9.88. The maximum Gasteiger partial charge on any atom is 0.217 e. The lowest BCUT2D eigenvalue weighted by molar-refractivity contribution is 0.104. The SMILES string of the molecule is O=C(/C(=C(/I)c1ccccc1)S(=O)(=O)c1c(F)c(F)c(F)c(F)c1F)c1ccccc1. The molecule has 0 N–H and O–H groups in total. The van der Waals surface area contributed by atoms with Gasteiger partial charge in [-0.05, 0) is 28.2 Å². The number of hydrogen-bond acceptors (Lipinski definition) is 3. The average Bonchev–Trinajstić information content (AvgIpc) is 2.77. The molecule has 0 aliphatic carbocycles. The Bertz CT molecular complexity index is 1280. The molecule has 10 heteroatoms. The number of hydrogen-bond donors (Lipinski definition) is 0. The third-order valence-corrected chi connectivity index (χ3v) is 7.53. The number of halogens is 6. The second kappa shape index (κ2) is 8.87. The molecule has 0 aliphatic heterocycles. The standard InChI is InChI=1S/C21H10F5IO3S/c22-13-14(23)16(25)20(17(26)15(13)24)31(29,30)21(18(27)11-7-3-1-4-8-11)19(28)12-9-5-2-6-10-12/h1-10H/b21-18-. The van der Waals surface area contributed by atoms with E-state index in [4.69, 9.17) is 0 Å². The molecule has 160 valence electrons. The van der Waals surface area contributed by atoms with Crippen molar-refractivity contribution in [1.29, 1.82) is 0 Å². The van der Waals surface area contributed by atoms with Gasteiger partial charge >= 0.3 is 0 Å². The first-order valence-corrected chi connectivity index (χ1v) is 11.0. The van der Waals surface area contributed by atoms with Crippen molar-refractivity contribution in [2.75, 3.05) is 0 Å². The van der Waals surface area contributed by atoms with Crippen molar-refractivity contribution in [2.24, 2.45) is 0 Å². The average molecular weight is 564 g/mol. The summed E-state index contributed by atoms with van der Waals surface area (Å²) in [6.07, 6.45) is 0. The van der Waals surface area contributed by atoms with E-state index in [0.29, 0.717) is 0 Å². The summed E-state index contributed by atoms with van der Waals surface area (Å²) in [7, 11) is -5.49. The number of carbonyl (C=O) groups is 1. The van der Waals surface area contributed by atoms with E-state index in [1.165, 1.54) is 71.1 Å². The molecule has 0 radical (unpaired) electrons. The summed E-state index contributed by atoms with van der Waals surface area (Å²) in [5, 5.41) is 0. The largest absolute Gasteiger partial charge is 0.288 e. The van der Waals surface area contributed by atoms with Crippen molar-refractivity contribution in [1.82, 2.24) is 0 Å². The minimum atomic E-state index is -5.49. The van der Waals surface area contributed by atoms with Gasteiger partial charge < -0.3 is 0 Å². The molecule has 3 aromatic carbocycles. The third-order valence-electron chi connectivity index (χ3n) is 4.18. The van der Waals surface area contributed by atoms with E-state index < -0.39 is 54.5 Å². The molecular weight excluding hydrogens is 554 g/mol. The van der Waals surface area contributed by atoms with E-state index in [1.807, 2.05) is 0 Å². The third kappa shape index (κ3) is 4.13. The van der Waals surface area contributed by atoms with Gasteiger partial charge in [-0.2, -0.15) is 0 Å². The highest BCUT2D eigenvalue weighted by molar-refractivity contribution is 14.1. The van der Waals surface area contributed by atoms with E-state index in [9.17, 15) is 35.2 Å². The topological polar surface area (TPSA) is 51.2 Å². The lowest BCUT2D eigenvalue weighted by Gasteiger charge is -2.14. The highest BCUT2D eigenvalue weighted by Crippen LogP contribution is 2.37. The highest BCUT2D eigenvalue weighted by atomic mass is 127. The maximum atomic E-state index is 14.4. The van der Waals surface area contributed by atoms with Gasteiger partial charge in [0.2, 0.25) is 21.4 Å². The Morgan fingerprint density at radius 1 is 0.645 bits per heavy atom. The summed E-state index contributed by atoms with van der Waals surface area (Å²) in [6.45, 7) is 0. The molecule has 0 bridgehead atoms. The van der Waals surface area contributed by atoms with Gasteiger partial charge in [0.15, 0.2) is 23.3 Å². The summed E-state index contributed by atoms with van der Waals surface area (Å²) in [5.41, 5.74) is 0.0323. The van der Waals surface area contributed by atoms with Crippen LogP contribution in [0, 0.1) is 29.1 Å². The lowest BCUT2D eigenvalue weighted by atomic mass is 10.1. The first kappa shape index (κ1) is 23.1. The van der Waals surface area contributed by atoms with Crippen molar-refractivity contribution in [2.45, 2.75) is 4.90 Å². The monoisotopic (exact) mass is 564 g/mol. The van der Waals surface area contributed by atoms with Crippen LogP contribution in [0.25, 0.3) is 3.58 Å². The fraction of sp³-hybridized carbons (Fsp3) is 0. The van der Waals surface area contributed by atoms with Crippen LogP contribution in [0.5, 0.6) is 0 Å². The zero-order valence-electron chi connectivity index (χ0n) is 15.2. The molecule has 0 heterocycles. The summed E-state index contributed by atoms with van der Waals surface area (Å²) < 4.78 is 95.7. The molecule has 0 amide bonds. The quantitative estimate of drug-likeness (QED) is 0.0745. The Labute approximate surface area is 187 Å². The summed E-state index contributed by atoms with van der Waals surface area (Å²) in [5.74, 6) is -13.6. The van der Waals surface area contributed by atoms with Gasteiger partial charge in [-0.25, -0.2) is 30.4 Å². The van der Waals surface area contributed by atoms with Crippen molar-refractivity contribution in [3.05, 3.63) is 106 Å². The van der Waals surface area contributed by atoms with Crippen LogP contribution >= 0.6 is 22.6 Å². The van der Waals surface area contributed by atoms with E-state index >= 15 is 0 Å². The Kier molecular flexibility index (Phi) is 6.60. The zero-order valence-corrected chi connectivity index (χ0v) is 18.1. The van der Waals surface area contributed by atoms with Gasteiger partial charge in [-0.3, -0.25) is 4.79 Å². The summed E-state index contributed by atoms with van der Waals surface area (Å²) in [6, 6.07) is 14.4.